The second kappa shape index (κ2) is 5.68. The molecule has 0 saturated carbocycles. The lowest BCUT2D eigenvalue weighted by Gasteiger charge is -2.09. The molecule has 0 fully saturated rings. The molecular formula is C12H10F3N3O2S. The fourth-order valence-corrected chi connectivity index (χ4v) is 2.30. The van der Waals surface area contributed by atoms with Gasteiger partial charge in [-0.1, -0.05) is 0 Å². The van der Waals surface area contributed by atoms with Crippen LogP contribution < -0.4 is 5.32 Å². The van der Waals surface area contributed by atoms with E-state index in [0.717, 1.165) is 17.1 Å². The van der Waals surface area contributed by atoms with Gasteiger partial charge in [-0.2, -0.15) is 13.2 Å². The number of thiazole rings is 1. The molecule has 0 atom stereocenters. The minimum atomic E-state index is -4.62. The van der Waals surface area contributed by atoms with Crippen LogP contribution in [0, 0.1) is 17.0 Å². The zero-order valence-corrected chi connectivity index (χ0v) is 11.6. The fourth-order valence-electron chi connectivity index (χ4n) is 1.68. The third-order valence-electron chi connectivity index (χ3n) is 2.65. The summed E-state index contributed by atoms with van der Waals surface area (Å²) in [5.41, 5.74) is -0.966. The lowest BCUT2D eigenvalue weighted by molar-refractivity contribution is -0.384. The molecule has 0 unspecified atom stereocenters. The number of anilines is 1. The molecule has 1 aromatic carbocycles. The summed E-state index contributed by atoms with van der Waals surface area (Å²) in [5, 5.41) is 16.3. The number of rotatable bonds is 4. The van der Waals surface area contributed by atoms with Crippen molar-refractivity contribution in [1.29, 1.82) is 0 Å². The molecule has 0 bridgehead atoms. The van der Waals surface area contributed by atoms with E-state index in [9.17, 15) is 23.3 Å². The van der Waals surface area contributed by atoms with Gasteiger partial charge in [0.25, 0.3) is 5.69 Å². The van der Waals surface area contributed by atoms with Crippen LogP contribution in [0.5, 0.6) is 0 Å². The van der Waals surface area contributed by atoms with Gasteiger partial charge < -0.3 is 5.32 Å². The Morgan fingerprint density at radius 3 is 2.67 bits per heavy atom. The summed E-state index contributed by atoms with van der Waals surface area (Å²) in [6, 6.07) is 2.39. The molecule has 2 rings (SSSR count). The fraction of sp³-hybridized carbons (Fsp3) is 0.250. The molecule has 9 heteroatoms. The number of aryl methyl sites for hydroxylation is 1. The molecular weight excluding hydrogens is 307 g/mol. The van der Waals surface area contributed by atoms with Crippen molar-refractivity contribution in [1.82, 2.24) is 4.98 Å². The number of nitro groups is 1. The number of alkyl halides is 3. The van der Waals surface area contributed by atoms with Crippen molar-refractivity contribution in [2.75, 3.05) is 5.32 Å². The first-order valence-electron chi connectivity index (χ1n) is 5.78. The van der Waals surface area contributed by atoms with Gasteiger partial charge in [-0.15, -0.1) is 11.3 Å². The second-order valence-corrected chi connectivity index (χ2v) is 5.26. The summed E-state index contributed by atoms with van der Waals surface area (Å²) < 4.78 is 37.7. The van der Waals surface area contributed by atoms with Crippen LogP contribution in [0.4, 0.5) is 24.5 Å². The molecule has 0 spiro atoms. The molecule has 0 radical (unpaired) electrons. The first-order chi connectivity index (χ1) is 9.77. The SMILES string of the molecule is Cc1nc(CNc2ccc(C(F)(F)F)cc2[N+](=O)[O-])cs1. The highest BCUT2D eigenvalue weighted by Crippen LogP contribution is 2.35. The topological polar surface area (TPSA) is 68.1 Å². The van der Waals surface area contributed by atoms with E-state index in [0.29, 0.717) is 11.8 Å². The normalized spacial score (nSPS) is 11.4. The van der Waals surface area contributed by atoms with E-state index in [1.807, 2.05) is 6.92 Å². The van der Waals surface area contributed by atoms with E-state index in [1.165, 1.54) is 11.3 Å². The number of nitrogens with zero attached hydrogens (tertiary/aromatic N) is 2. The Labute approximate surface area is 121 Å². The molecule has 1 N–H and O–H groups in total. The van der Waals surface area contributed by atoms with Crippen molar-refractivity contribution in [2.24, 2.45) is 0 Å². The Morgan fingerprint density at radius 1 is 1.43 bits per heavy atom. The van der Waals surface area contributed by atoms with Gasteiger partial charge in [0.15, 0.2) is 0 Å². The summed E-state index contributed by atoms with van der Waals surface area (Å²) in [6.45, 7) is 2.02. The largest absolute Gasteiger partial charge is 0.416 e. The van der Waals surface area contributed by atoms with E-state index in [2.05, 4.69) is 10.3 Å². The summed E-state index contributed by atoms with van der Waals surface area (Å²) in [7, 11) is 0. The van der Waals surface area contributed by atoms with Crippen LogP contribution in [0.1, 0.15) is 16.3 Å². The highest BCUT2D eigenvalue weighted by atomic mass is 32.1. The van der Waals surface area contributed by atoms with E-state index >= 15 is 0 Å². The summed E-state index contributed by atoms with van der Waals surface area (Å²) in [6.07, 6.45) is -4.62. The summed E-state index contributed by atoms with van der Waals surface area (Å²) in [4.78, 5) is 14.2. The standard InChI is InChI=1S/C12H10F3N3O2S/c1-7-17-9(6-21-7)5-16-10-3-2-8(12(13,14)15)4-11(10)18(19)20/h2-4,6,16H,5H2,1H3. The van der Waals surface area contributed by atoms with E-state index in [-0.39, 0.29) is 12.2 Å². The number of benzene rings is 1. The second-order valence-electron chi connectivity index (χ2n) is 4.20. The average Bonchev–Trinajstić information content (AvgIpc) is 2.80. The Morgan fingerprint density at radius 2 is 2.14 bits per heavy atom. The van der Waals surface area contributed by atoms with Crippen molar-refractivity contribution in [3.8, 4) is 0 Å². The molecule has 1 heterocycles. The lowest BCUT2D eigenvalue weighted by Crippen LogP contribution is -2.08. The minimum Gasteiger partial charge on any atom is -0.374 e. The van der Waals surface area contributed by atoms with Gasteiger partial charge in [0.2, 0.25) is 0 Å². The van der Waals surface area contributed by atoms with E-state index in [1.54, 1.807) is 5.38 Å². The maximum Gasteiger partial charge on any atom is 0.416 e. The molecule has 5 nitrogen and oxygen atoms in total. The predicted molar refractivity (Wildman–Crippen MR) is 72.3 cm³/mol. The van der Waals surface area contributed by atoms with Crippen LogP contribution in [0.3, 0.4) is 0 Å². The minimum absolute atomic E-state index is 0.0265. The van der Waals surface area contributed by atoms with Crippen LogP contribution in [0.2, 0.25) is 0 Å². The number of nitrogens with one attached hydrogen (secondary N) is 1. The zero-order chi connectivity index (χ0) is 15.6. The van der Waals surface area contributed by atoms with Crippen molar-refractivity contribution in [3.05, 3.63) is 50.0 Å². The molecule has 0 aliphatic carbocycles. The van der Waals surface area contributed by atoms with Crippen LogP contribution in [-0.2, 0) is 12.7 Å². The number of aromatic nitrogens is 1. The van der Waals surface area contributed by atoms with Gasteiger partial charge in [0.05, 0.1) is 27.7 Å². The number of halogens is 3. The molecule has 0 amide bonds. The van der Waals surface area contributed by atoms with Crippen LogP contribution in [-0.4, -0.2) is 9.91 Å². The van der Waals surface area contributed by atoms with Gasteiger partial charge >= 0.3 is 6.18 Å². The Balaban J connectivity index is 2.24. The molecule has 112 valence electrons. The van der Waals surface area contributed by atoms with Crippen molar-refractivity contribution >= 4 is 22.7 Å². The third-order valence-corrected chi connectivity index (χ3v) is 3.47. The van der Waals surface area contributed by atoms with Crippen molar-refractivity contribution in [3.63, 3.8) is 0 Å². The van der Waals surface area contributed by atoms with Gasteiger partial charge in [-0.05, 0) is 19.1 Å². The first-order valence-corrected chi connectivity index (χ1v) is 6.66. The molecule has 1 aromatic heterocycles. The highest BCUT2D eigenvalue weighted by Gasteiger charge is 2.33. The predicted octanol–water partition coefficient (Wildman–Crippen LogP) is 3.99. The molecule has 0 aliphatic heterocycles. The highest BCUT2D eigenvalue weighted by molar-refractivity contribution is 7.09. The quantitative estimate of drug-likeness (QED) is 0.684. The van der Waals surface area contributed by atoms with Crippen LogP contribution in [0.15, 0.2) is 23.6 Å². The Hall–Kier alpha value is -2.16. The number of hydrogen-bond acceptors (Lipinski definition) is 5. The number of nitro benzene ring substituents is 1. The molecule has 0 aliphatic rings. The van der Waals surface area contributed by atoms with E-state index < -0.39 is 22.4 Å². The Bertz CT molecular complexity index is 670. The monoisotopic (exact) mass is 317 g/mol. The Kier molecular flexibility index (Phi) is 4.12. The van der Waals surface area contributed by atoms with Gasteiger partial charge in [-0.3, -0.25) is 10.1 Å². The van der Waals surface area contributed by atoms with E-state index in [4.69, 9.17) is 0 Å². The summed E-state index contributed by atoms with van der Waals surface area (Å²) in [5.74, 6) is 0. The van der Waals surface area contributed by atoms with Crippen LogP contribution in [0.25, 0.3) is 0 Å². The van der Waals surface area contributed by atoms with Gasteiger partial charge in [-0.25, -0.2) is 4.98 Å². The number of hydrogen-bond donors (Lipinski definition) is 1. The van der Waals surface area contributed by atoms with Gasteiger partial charge in [0.1, 0.15) is 5.69 Å². The van der Waals surface area contributed by atoms with Crippen molar-refractivity contribution in [2.45, 2.75) is 19.6 Å². The maximum absolute atomic E-state index is 12.6. The average molecular weight is 317 g/mol. The smallest absolute Gasteiger partial charge is 0.374 e. The molecule has 21 heavy (non-hydrogen) atoms. The lowest BCUT2D eigenvalue weighted by atomic mass is 10.1. The first kappa shape index (κ1) is 15.2. The van der Waals surface area contributed by atoms with Gasteiger partial charge in [0, 0.05) is 11.4 Å². The molecule has 0 saturated heterocycles. The maximum atomic E-state index is 12.6. The third kappa shape index (κ3) is 3.69. The zero-order valence-electron chi connectivity index (χ0n) is 10.8. The molecule has 2 aromatic rings. The van der Waals surface area contributed by atoms with Crippen molar-refractivity contribution < 1.29 is 18.1 Å². The summed E-state index contributed by atoms with van der Waals surface area (Å²) >= 11 is 1.42. The van der Waals surface area contributed by atoms with Crippen LogP contribution >= 0.6 is 11.3 Å².